The average molecular weight is 446 g/mol. The Morgan fingerprint density at radius 2 is 1.84 bits per heavy atom. The highest BCUT2D eigenvalue weighted by Gasteiger charge is 2.35. The molecule has 2 aliphatic heterocycles. The van der Waals surface area contributed by atoms with E-state index in [4.69, 9.17) is 5.73 Å². The monoisotopic (exact) mass is 446 g/mol. The number of alkyl halides is 3. The van der Waals surface area contributed by atoms with E-state index in [1.54, 1.807) is 12.1 Å². The lowest BCUT2D eigenvalue weighted by Gasteiger charge is -2.45. The fourth-order valence-electron chi connectivity index (χ4n) is 4.82. The maximum atomic E-state index is 12.9. The number of piperidine rings is 1. The highest BCUT2D eigenvalue weighted by Crippen LogP contribution is 2.31. The molecule has 0 spiro atoms. The van der Waals surface area contributed by atoms with Gasteiger partial charge in [0.2, 0.25) is 11.9 Å². The number of halogens is 3. The van der Waals surface area contributed by atoms with Crippen molar-refractivity contribution in [2.75, 3.05) is 23.7 Å². The Morgan fingerprint density at radius 3 is 2.50 bits per heavy atom. The molecule has 0 aliphatic carbocycles. The summed E-state index contributed by atoms with van der Waals surface area (Å²) in [5, 5.41) is 7.93. The minimum atomic E-state index is -4.32. The van der Waals surface area contributed by atoms with Crippen molar-refractivity contribution in [1.82, 2.24) is 29.6 Å². The van der Waals surface area contributed by atoms with E-state index in [2.05, 4.69) is 34.5 Å². The fraction of sp³-hybridized carbons (Fsp3) is 0.476. The van der Waals surface area contributed by atoms with Crippen molar-refractivity contribution in [3.8, 4) is 0 Å². The quantitative estimate of drug-likeness (QED) is 0.640. The second-order valence-corrected chi connectivity index (χ2v) is 8.51. The van der Waals surface area contributed by atoms with Gasteiger partial charge in [0.25, 0.3) is 0 Å². The third kappa shape index (κ3) is 4.16. The summed E-state index contributed by atoms with van der Waals surface area (Å²) in [5.74, 6) is 1.00. The Kier molecular flexibility index (Phi) is 5.28. The maximum Gasteiger partial charge on any atom is 0.416 e. The third-order valence-corrected chi connectivity index (χ3v) is 6.50. The third-order valence-electron chi connectivity index (χ3n) is 6.50. The van der Waals surface area contributed by atoms with Crippen molar-refractivity contribution >= 4 is 11.9 Å². The topological polar surface area (TPSA) is 91.9 Å². The molecule has 0 amide bonds. The lowest BCUT2D eigenvalue weighted by atomic mass is 9.95. The number of benzene rings is 1. The molecule has 8 nitrogen and oxygen atoms in total. The van der Waals surface area contributed by atoms with Crippen LogP contribution in [-0.4, -0.2) is 54.8 Å². The second-order valence-electron chi connectivity index (χ2n) is 8.51. The van der Waals surface area contributed by atoms with Gasteiger partial charge >= 0.3 is 6.18 Å². The van der Waals surface area contributed by atoms with Crippen molar-refractivity contribution in [2.45, 2.75) is 50.6 Å². The number of hydrogen-bond acceptors (Lipinski definition) is 6. The fourth-order valence-corrected chi connectivity index (χ4v) is 4.82. The highest BCUT2D eigenvalue weighted by molar-refractivity contribution is 5.34. The highest BCUT2D eigenvalue weighted by atomic mass is 19.4. The number of rotatable bonds is 4. The van der Waals surface area contributed by atoms with Crippen molar-refractivity contribution in [3.05, 3.63) is 53.6 Å². The number of aromatic nitrogens is 5. The summed E-state index contributed by atoms with van der Waals surface area (Å²) in [6, 6.07) is 6.10. The molecule has 2 aliphatic rings. The van der Waals surface area contributed by atoms with E-state index in [1.165, 1.54) is 17.8 Å². The molecule has 11 heteroatoms. The first kappa shape index (κ1) is 20.8. The van der Waals surface area contributed by atoms with E-state index < -0.39 is 11.7 Å². The SMILES string of the molecule is Nc1nnc(N2CCC(N3Cc4cncn4C[C@@H]3Cc3ccc(C(F)(F)F)cc3)CC2)[nH]1. The van der Waals surface area contributed by atoms with E-state index in [1.807, 2.05) is 12.5 Å². The first-order valence-corrected chi connectivity index (χ1v) is 10.7. The van der Waals surface area contributed by atoms with Crippen LogP contribution in [0.4, 0.5) is 25.1 Å². The molecule has 0 radical (unpaired) electrons. The number of aromatic amines is 1. The summed E-state index contributed by atoms with van der Waals surface area (Å²) in [4.78, 5) is 11.9. The van der Waals surface area contributed by atoms with Crippen LogP contribution in [0.5, 0.6) is 0 Å². The van der Waals surface area contributed by atoms with E-state index in [-0.39, 0.29) is 6.04 Å². The van der Waals surface area contributed by atoms with Gasteiger partial charge in [-0.15, -0.1) is 10.2 Å². The van der Waals surface area contributed by atoms with Gasteiger partial charge < -0.3 is 15.2 Å². The molecule has 3 aromatic rings. The van der Waals surface area contributed by atoms with Gasteiger partial charge in [-0.05, 0) is 37.0 Å². The number of nitrogen functional groups attached to an aromatic ring is 1. The maximum absolute atomic E-state index is 12.9. The van der Waals surface area contributed by atoms with Crippen LogP contribution in [0, 0.1) is 0 Å². The largest absolute Gasteiger partial charge is 0.416 e. The first-order valence-electron chi connectivity index (χ1n) is 10.7. The molecule has 0 saturated carbocycles. The summed E-state index contributed by atoms with van der Waals surface area (Å²) in [6.45, 7) is 3.23. The van der Waals surface area contributed by atoms with Gasteiger partial charge in [-0.3, -0.25) is 9.88 Å². The Balaban J connectivity index is 1.31. The minimum absolute atomic E-state index is 0.186. The molecule has 1 fully saturated rings. The molecule has 2 aromatic heterocycles. The number of nitrogens with zero attached hydrogens (tertiary/aromatic N) is 6. The van der Waals surface area contributed by atoms with Crippen LogP contribution in [0.2, 0.25) is 0 Å². The number of fused-ring (bicyclic) bond motifs is 1. The minimum Gasteiger partial charge on any atom is -0.368 e. The van der Waals surface area contributed by atoms with Gasteiger partial charge in [-0.25, -0.2) is 4.98 Å². The van der Waals surface area contributed by atoms with Crippen molar-refractivity contribution in [1.29, 1.82) is 0 Å². The Hall–Kier alpha value is -3.08. The van der Waals surface area contributed by atoms with Crippen molar-refractivity contribution in [2.24, 2.45) is 0 Å². The Labute approximate surface area is 183 Å². The summed E-state index contributed by atoms with van der Waals surface area (Å²) in [5.41, 5.74) is 7.12. The molecular formula is C21H25F3N8. The number of hydrogen-bond donors (Lipinski definition) is 2. The zero-order valence-corrected chi connectivity index (χ0v) is 17.5. The molecule has 1 saturated heterocycles. The molecule has 3 N–H and O–H groups in total. The van der Waals surface area contributed by atoms with Crippen molar-refractivity contribution < 1.29 is 13.2 Å². The Morgan fingerprint density at radius 1 is 1.09 bits per heavy atom. The van der Waals surface area contributed by atoms with Gasteiger partial charge in [0.1, 0.15) is 0 Å². The summed E-state index contributed by atoms with van der Waals surface area (Å²) in [7, 11) is 0. The van der Waals surface area contributed by atoms with Crippen LogP contribution in [0.1, 0.15) is 29.7 Å². The number of anilines is 2. The van der Waals surface area contributed by atoms with E-state index in [0.717, 1.165) is 44.6 Å². The summed E-state index contributed by atoms with van der Waals surface area (Å²) < 4.78 is 40.9. The van der Waals surface area contributed by atoms with Crippen LogP contribution in [0.3, 0.4) is 0 Å². The van der Waals surface area contributed by atoms with Crippen LogP contribution < -0.4 is 10.6 Å². The van der Waals surface area contributed by atoms with E-state index in [0.29, 0.717) is 24.4 Å². The summed E-state index contributed by atoms with van der Waals surface area (Å²) >= 11 is 0. The zero-order chi connectivity index (χ0) is 22.3. The molecule has 1 aromatic carbocycles. The standard InChI is InChI=1S/C21H25F3N8/c22-21(23,24)15-3-1-14(2-4-15)9-17-11-31-13-26-10-18(31)12-32(17)16-5-7-30(8-6-16)20-27-19(25)28-29-20/h1-4,10,13,16-17H,5-9,11-12H2,(H3,25,27,28,29)/t17-/m0/s1. The second kappa shape index (κ2) is 8.12. The van der Waals surface area contributed by atoms with Crippen LogP contribution in [-0.2, 0) is 25.7 Å². The van der Waals surface area contributed by atoms with Gasteiger partial charge in [-0.2, -0.15) is 13.2 Å². The molecular weight excluding hydrogens is 421 g/mol. The van der Waals surface area contributed by atoms with Gasteiger partial charge in [-0.1, -0.05) is 12.1 Å². The molecule has 0 bridgehead atoms. The van der Waals surface area contributed by atoms with Crippen LogP contribution in [0.25, 0.3) is 0 Å². The van der Waals surface area contributed by atoms with Crippen LogP contribution in [0.15, 0.2) is 36.8 Å². The molecule has 1 atom stereocenters. The smallest absolute Gasteiger partial charge is 0.368 e. The van der Waals surface area contributed by atoms with E-state index >= 15 is 0 Å². The number of nitrogens with two attached hydrogens (primary N) is 1. The van der Waals surface area contributed by atoms with Gasteiger partial charge in [0.05, 0.1) is 17.6 Å². The lowest BCUT2D eigenvalue weighted by Crippen LogP contribution is -2.53. The molecule has 32 heavy (non-hydrogen) atoms. The zero-order valence-electron chi connectivity index (χ0n) is 17.5. The molecule has 170 valence electrons. The van der Waals surface area contributed by atoms with Gasteiger partial charge in [0.15, 0.2) is 0 Å². The average Bonchev–Trinajstić information content (AvgIpc) is 3.41. The Bertz CT molecular complexity index is 1050. The molecule has 0 unspecified atom stereocenters. The predicted octanol–water partition coefficient (Wildman–Crippen LogP) is 2.70. The predicted molar refractivity (Wildman–Crippen MR) is 113 cm³/mol. The van der Waals surface area contributed by atoms with Crippen LogP contribution >= 0.6 is 0 Å². The van der Waals surface area contributed by atoms with Gasteiger partial charge in [0, 0.05) is 44.5 Å². The van der Waals surface area contributed by atoms with E-state index in [9.17, 15) is 13.2 Å². The number of imidazole rings is 1. The first-order chi connectivity index (χ1) is 15.4. The normalized spacial score (nSPS) is 20.5. The summed E-state index contributed by atoms with van der Waals surface area (Å²) in [6.07, 6.45) is 2.02. The number of nitrogens with one attached hydrogen (secondary N) is 1. The van der Waals surface area contributed by atoms with Crippen molar-refractivity contribution in [3.63, 3.8) is 0 Å². The molecule has 4 heterocycles. The lowest BCUT2D eigenvalue weighted by molar-refractivity contribution is -0.137. The molecule has 5 rings (SSSR count). The number of H-pyrrole nitrogens is 1.